The number of hydrogen-bond donors (Lipinski definition) is 1. The van der Waals surface area contributed by atoms with Gasteiger partial charge in [0.2, 0.25) is 0 Å². The molecule has 5 heteroatoms. The Morgan fingerprint density at radius 3 is 2.59 bits per heavy atom. The van der Waals surface area contributed by atoms with E-state index in [1.807, 2.05) is 20.8 Å². The van der Waals surface area contributed by atoms with Crippen molar-refractivity contribution in [2.45, 2.75) is 45.2 Å². The second-order valence-corrected chi connectivity index (χ2v) is 4.84. The summed E-state index contributed by atoms with van der Waals surface area (Å²) in [7, 11) is 0. The highest BCUT2D eigenvalue weighted by Crippen LogP contribution is 2.14. The van der Waals surface area contributed by atoms with Gasteiger partial charge < -0.3 is 9.64 Å². The summed E-state index contributed by atoms with van der Waals surface area (Å²) in [5.41, 5.74) is -0.503. The lowest BCUT2D eigenvalue weighted by atomic mass is 10.00. The summed E-state index contributed by atoms with van der Waals surface area (Å²) in [6.45, 7) is 7.34. The molecule has 0 unspecified atom stereocenters. The Kier molecular flexibility index (Phi) is 4.76. The molecule has 1 N–H and O–H groups in total. The summed E-state index contributed by atoms with van der Waals surface area (Å²) in [4.78, 5) is 13.2. The molecule has 1 rings (SSSR count). The number of nitriles is 1. The summed E-state index contributed by atoms with van der Waals surface area (Å²) >= 11 is 0. The van der Waals surface area contributed by atoms with E-state index >= 15 is 0 Å². The average Bonchev–Trinajstić information content (AvgIpc) is 2.30. The monoisotopic (exact) mass is 239 g/mol. The van der Waals surface area contributed by atoms with Crippen LogP contribution in [0.2, 0.25) is 0 Å². The normalized spacial score (nSPS) is 17.6. The fourth-order valence-corrected chi connectivity index (χ4v) is 1.96. The zero-order chi connectivity index (χ0) is 12.9. The molecule has 0 radical (unpaired) electrons. The van der Waals surface area contributed by atoms with Crippen LogP contribution in [0.3, 0.4) is 0 Å². The van der Waals surface area contributed by atoms with Gasteiger partial charge in [-0.25, -0.2) is 4.79 Å². The van der Waals surface area contributed by atoms with Gasteiger partial charge in [-0.1, -0.05) is 0 Å². The zero-order valence-electron chi connectivity index (χ0n) is 10.8. The highest BCUT2D eigenvalue weighted by atomic mass is 16.6. The van der Waals surface area contributed by atoms with E-state index in [0.29, 0.717) is 25.7 Å². The van der Waals surface area contributed by atoms with E-state index in [1.54, 1.807) is 4.90 Å². The van der Waals surface area contributed by atoms with Crippen LogP contribution in [0.5, 0.6) is 0 Å². The lowest BCUT2D eigenvalue weighted by Crippen LogP contribution is -2.51. The fourth-order valence-electron chi connectivity index (χ4n) is 1.96. The van der Waals surface area contributed by atoms with E-state index in [2.05, 4.69) is 11.4 Å². The number of rotatable bonds is 3. The van der Waals surface area contributed by atoms with Gasteiger partial charge in [0.15, 0.2) is 0 Å². The first-order valence-electron chi connectivity index (χ1n) is 6.09. The molecule has 1 saturated heterocycles. The molecular weight excluding hydrogens is 218 g/mol. The maximum absolute atomic E-state index is 11.5. The molecule has 0 aromatic heterocycles. The third-order valence-electron chi connectivity index (χ3n) is 2.87. The molecule has 1 aliphatic heterocycles. The summed E-state index contributed by atoms with van der Waals surface area (Å²) in [6.07, 6.45) is 1.50. The minimum absolute atomic E-state index is 0.231. The van der Waals surface area contributed by atoms with E-state index < -0.39 is 5.54 Å². The maximum Gasteiger partial charge on any atom is 0.409 e. The lowest BCUT2D eigenvalue weighted by Gasteiger charge is -2.34. The van der Waals surface area contributed by atoms with Gasteiger partial charge in [-0.3, -0.25) is 5.32 Å². The fraction of sp³-hybridized carbons (Fsp3) is 0.833. The average molecular weight is 239 g/mol. The number of carbonyl (C=O) groups is 1. The summed E-state index contributed by atoms with van der Waals surface area (Å²) in [5, 5.41) is 12.2. The molecule has 0 aromatic carbocycles. The minimum Gasteiger partial charge on any atom is -0.450 e. The van der Waals surface area contributed by atoms with E-state index in [9.17, 15) is 4.79 Å². The molecule has 96 valence electrons. The van der Waals surface area contributed by atoms with Crippen molar-refractivity contribution in [3.05, 3.63) is 0 Å². The molecule has 0 aliphatic carbocycles. The molecule has 1 amide bonds. The van der Waals surface area contributed by atoms with Crippen LogP contribution < -0.4 is 5.32 Å². The number of piperidine rings is 1. The molecule has 1 heterocycles. The summed E-state index contributed by atoms with van der Waals surface area (Å²) in [6, 6.07) is 2.53. The Morgan fingerprint density at radius 2 is 2.12 bits per heavy atom. The first kappa shape index (κ1) is 13.8. The Labute approximate surface area is 103 Å². The van der Waals surface area contributed by atoms with Crippen LogP contribution in [0.1, 0.15) is 33.6 Å². The molecule has 0 spiro atoms. The molecule has 0 atom stereocenters. The van der Waals surface area contributed by atoms with Gasteiger partial charge in [-0.15, -0.1) is 0 Å². The zero-order valence-corrected chi connectivity index (χ0v) is 10.8. The number of carbonyl (C=O) groups excluding carboxylic acids is 1. The molecule has 17 heavy (non-hydrogen) atoms. The van der Waals surface area contributed by atoms with Crippen LogP contribution >= 0.6 is 0 Å². The second kappa shape index (κ2) is 5.87. The van der Waals surface area contributed by atoms with Crippen molar-refractivity contribution in [1.82, 2.24) is 10.2 Å². The Bertz CT molecular complexity index is 301. The van der Waals surface area contributed by atoms with Crippen molar-refractivity contribution >= 4 is 6.09 Å². The van der Waals surface area contributed by atoms with E-state index in [0.717, 1.165) is 12.8 Å². The van der Waals surface area contributed by atoms with Crippen LogP contribution in [0.15, 0.2) is 0 Å². The predicted molar refractivity (Wildman–Crippen MR) is 64.4 cm³/mol. The molecule has 0 bridgehead atoms. The summed E-state index contributed by atoms with van der Waals surface area (Å²) < 4.78 is 4.95. The standard InChI is InChI=1S/C12H21N3O2/c1-4-17-11(16)15-7-5-10(6-8-15)14-12(2,3)9-13/h10,14H,4-8H2,1-3H3. The highest BCUT2D eigenvalue weighted by molar-refractivity contribution is 5.67. The minimum atomic E-state index is -0.503. The Hall–Kier alpha value is -1.28. The van der Waals surface area contributed by atoms with Crippen molar-refractivity contribution in [2.24, 2.45) is 0 Å². The largest absolute Gasteiger partial charge is 0.450 e. The number of ether oxygens (including phenoxy) is 1. The van der Waals surface area contributed by atoms with Crippen molar-refractivity contribution in [3.63, 3.8) is 0 Å². The van der Waals surface area contributed by atoms with Crippen molar-refractivity contribution in [1.29, 1.82) is 5.26 Å². The maximum atomic E-state index is 11.5. The van der Waals surface area contributed by atoms with Gasteiger partial charge in [0, 0.05) is 19.1 Å². The first-order valence-corrected chi connectivity index (χ1v) is 6.09. The number of amides is 1. The van der Waals surface area contributed by atoms with Crippen molar-refractivity contribution < 1.29 is 9.53 Å². The molecule has 5 nitrogen and oxygen atoms in total. The van der Waals surface area contributed by atoms with Crippen molar-refractivity contribution in [2.75, 3.05) is 19.7 Å². The van der Waals surface area contributed by atoms with Crippen LogP contribution in [0.25, 0.3) is 0 Å². The van der Waals surface area contributed by atoms with Gasteiger partial charge in [-0.05, 0) is 33.6 Å². The predicted octanol–water partition coefficient (Wildman–Crippen LogP) is 1.50. The van der Waals surface area contributed by atoms with Gasteiger partial charge in [-0.2, -0.15) is 5.26 Å². The molecular formula is C12H21N3O2. The number of hydrogen-bond acceptors (Lipinski definition) is 4. The molecule has 0 saturated carbocycles. The third kappa shape index (κ3) is 4.23. The van der Waals surface area contributed by atoms with Crippen molar-refractivity contribution in [3.8, 4) is 6.07 Å². The van der Waals surface area contributed by atoms with Crippen LogP contribution in [0.4, 0.5) is 4.79 Å². The molecule has 1 aliphatic rings. The van der Waals surface area contributed by atoms with Crippen LogP contribution in [-0.4, -0.2) is 42.3 Å². The number of likely N-dealkylation sites (tertiary alicyclic amines) is 1. The SMILES string of the molecule is CCOC(=O)N1CCC(NC(C)(C)C#N)CC1. The van der Waals surface area contributed by atoms with E-state index in [-0.39, 0.29) is 6.09 Å². The first-order chi connectivity index (χ1) is 7.98. The van der Waals surface area contributed by atoms with Gasteiger partial charge in [0.05, 0.1) is 12.7 Å². The van der Waals surface area contributed by atoms with Crippen LogP contribution in [-0.2, 0) is 4.74 Å². The van der Waals surface area contributed by atoms with Gasteiger partial charge in [0.25, 0.3) is 0 Å². The van der Waals surface area contributed by atoms with E-state index in [1.165, 1.54) is 0 Å². The number of nitrogens with zero attached hydrogens (tertiary/aromatic N) is 2. The smallest absolute Gasteiger partial charge is 0.409 e. The summed E-state index contributed by atoms with van der Waals surface area (Å²) in [5.74, 6) is 0. The molecule has 1 fully saturated rings. The quantitative estimate of drug-likeness (QED) is 0.810. The second-order valence-electron chi connectivity index (χ2n) is 4.84. The number of nitrogens with one attached hydrogen (secondary N) is 1. The Morgan fingerprint density at radius 1 is 1.53 bits per heavy atom. The van der Waals surface area contributed by atoms with Crippen LogP contribution in [0, 0.1) is 11.3 Å². The lowest BCUT2D eigenvalue weighted by molar-refractivity contribution is 0.0937. The van der Waals surface area contributed by atoms with Gasteiger partial charge in [0.1, 0.15) is 5.54 Å². The van der Waals surface area contributed by atoms with Gasteiger partial charge >= 0.3 is 6.09 Å². The Balaban J connectivity index is 2.36. The highest BCUT2D eigenvalue weighted by Gasteiger charge is 2.27. The molecule has 0 aromatic rings. The topological polar surface area (TPSA) is 65.4 Å². The third-order valence-corrected chi connectivity index (χ3v) is 2.87. The van der Waals surface area contributed by atoms with E-state index in [4.69, 9.17) is 10.00 Å².